The first-order chi connectivity index (χ1) is 6.52. The Balaban J connectivity index is 0.000000364. The van der Waals surface area contributed by atoms with Crippen LogP contribution in [-0.2, 0) is 9.22 Å². The molecule has 2 nitrogen and oxygen atoms in total. The topological polar surface area (TPSA) is 26.3 Å². The maximum Gasteiger partial charge on any atom is 0.279 e. The van der Waals surface area contributed by atoms with Crippen molar-refractivity contribution in [1.82, 2.24) is 0 Å². The van der Waals surface area contributed by atoms with Gasteiger partial charge in [-0.2, -0.15) is 0 Å². The molecule has 0 aliphatic carbocycles. The van der Waals surface area contributed by atoms with Gasteiger partial charge in [0, 0.05) is 0 Å². The lowest BCUT2D eigenvalue weighted by Gasteiger charge is -2.04. The molecule has 3 heteroatoms. The van der Waals surface area contributed by atoms with Crippen molar-refractivity contribution < 1.29 is 9.22 Å². The van der Waals surface area contributed by atoms with Crippen molar-refractivity contribution in [3.8, 4) is 0 Å². The maximum atomic E-state index is 8.99. The predicted molar refractivity (Wildman–Crippen MR) is 62.5 cm³/mol. The molecule has 1 rings (SSSR count). The van der Waals surface area contributed by atoms with Crippen LogP contribution in [0.5, 0.6) is 0 Å². The molecule has 0 saturated heterocycles. The fourth-order valence-electron chi connectivity index (χ4n) is 1.10. The van der Waals surface area contributed by atoms with Crippen LogP contribution in [0.3, 0.4) is 0 Å². The normalized spacial score (nSPS) is 8.86. The first-order valence-corrected chi connectivity index (χ1v) is 5.35. The quantitative estimate of drug-likeness (QED) is 0.517. The van der Waals surface area contributed by atoms with E-state index in [9.17, 15) is 0 Å². The molecule has 0 heterocycles. The highest BCUT2D eigenvalue weighted by atomic mass is 28.2. The van der Waals surface area contributed by atoms with Crippen LogP contribution in [0, 0.1) is 27.7 Å². The van der Waals surface area contributed by atoms with Gasteiger partial charge >= 0.3 is 0 Å². The van der Waals surface area contributed by atoms with Gasteiger partial charge in [0.25, 0.3) is 6.47 Å². The average Bonchev–Trinajstić information content (AvgIpc) is 2.15. The second-order valence-electron chi connectivity index (χ2n) is 3.35. The molecule has 0 unspecified atom stereocenters. The van der Waals surface area contributed by atoms with Gasteiger partial charge in [0.15, 0.2) is 0 Å². The standard InChI is InChI=1S/C10H14.CH4O2Si/c1-7-5-9(3)10(4)6-8(7)2;2-1-3-4/h5-6H,1-4H3;1H,4H3. The fourth-order valence-corrected chi connectivity index (χ4v) is 1.10. The van der Waals surface area contributed by atoms with Crippen molar-refractivity contribution in [2.45, 2.75) is 27.7 Å². The largest absolute Gasteiger partial charge is 0.531 e. The van der Waals surface area contributed by atoms with Crippen LogP contribution < -0.4 is 0 Å². The van der Waals surface area contributed by atoms with E-state index in [2.05, 4.69) is 44.3 Å². The maximum absolute atomic E-state index is 8.99. The molecule has 0 spiro atoms. The van der Waals surface area contributed by atoms with E-state index in [4.69, 9.17) is 4.79 Å². The average molecular weight is 210 g/mol. The molecule has 0 amide bonds. The Kier molecular flexibility index (Phi) is 5.88. The third kappa shape index (κ3) is 4.23. The first-order valence-electron chi connectivity index (χ1n) is 4.53. The van der Waals surface area contributed by atoms with Crippen molar-refractivity contribution >= 4 is 17.0 Å². The smallest absolute Gasteiger partial charge is 0.279 e. The molecule has 0 atom stereocenters. The van der Waals surface area contributed by atoms with Gasteiger partial charge in [-0.05, 0) is 49.9 Å². The molecule has 0 radical (unpaired) electrons. The molecular formula is C11H18O2Si. The highest BCUT2D eigenvalue weighted by Gasteiger charge is 1.95. The highest BCUT2D eigenvalue weighted by molar-refractivity contribution is 6.01. The van der Waals surface area contributed by atoms with Gasteiger partial charge in [0.05, 0.1) is 0 Å². The van der Waals surface area contributed by atoms with Crippen molar-refractivity contribution in [2.24, 2.45) is 0 Å². The van der Waals surface area contributed by atoms with Gasteiger partial charge < -0.3 is 4.43 Å². The van der Waals surface area contributed by atoms with Crippen LogP contribution in [0.1, 0.15) is 22.3 Å². The summed E-state index contributed by atoms with van der Waals surface area (Å²) in [6.45, 7) is 9.05. The van der Waals surface area contributed by atoms with Crippen molar-refractivity contribution in [2.75, 3.05) is 0 Å². The summed E-state index contributed by atoms with van der Waals surface area (Å²) in [4.78, 5) is 8.99. The van der Waals surface area contributed by atoms with E-state index < -0.39 is 0 Å². The van der Waals surface area contributed by atoms with Crippen LogP contribution in [0.4, 0.5) is 0 Å². The predicted octanol–water partition coefficient (Wildman–Crippen LogP) is 1.36. The first kappa shape index (κ1) is 12.9. The molecular weight excluding hydrogens is 192 g/mol. The molecule has 0 N–H and O–H groups in total. The summed E-state index contributed by atoms with van der Waals surface area (Å²) in [6.07, 6.45) is 0. The van der Waals surface area contributed by atoms with Gasteiger partial charge in [-0.25, -0.2) is 0 Å². The molecule has 0 aliphatic rings. The molecule has 1 aromatic rings. The minimum atomic E-state index is 0.437. The lowest BCUT2D eigenvalue weighted by Crippen LogP contribution is -1.86. The summed E-state index contributed by atoms with van der Waals surface area (Å²) < 4.78 is 4.00. The van der Waals surface area contributed by atoms with E-state index in [0.29, 0.717) is 17.0 Å². The Morgan fingerprint density at radius 2 is 1.21 bits per heavy atom. The van der Waals surface area contributed by atoms with E-state index in [-0.39, 0.29) is 0 Å². The summed E-state index contributed by atoms with van der Waals surface area (Å²) in [7, 11) is 0.522. The number of hydrogen-bond acceptors (Lipinski definition) is 2. The fraction of sp³-hybridized carbons (Fsp3) is 0.364. The van der Waals surface area contributed by atoms with E-state index in [1.54, 1.807) is 0 Å². The number of aryl methyl sites for hydroxylation is 4. The Morgan fingerprint density at radius 1 is 1.00 bits per heavy atom. The Morgan fingerprint density at radius 3 is 1.36 bits per heavy atom. The van der Waals surface area contributed by atoms with Gasteiger partial charge in [0.2, 0.25) is 10.5 Å². The van der Waals surface area contributed by atoms with Crippen LogP contribution in [0.25, 0.3) is 0 Å². The molecule has 78 valence electrons. The lowest BCUT2D eigenvalue weighted by atomic mass is 10.0. The van der Waals surface area contributed by atoms with Gasteiger partial charge in [-0.3, -0.25) is 4.79 Å². The summed E-state index contributed by atoms with van der Waals surface area (Å²) in [6, 6.07) is 4.48. The van der Waals surface area contributed by atoms with Gasteiger partial charge in [0.1, 0.15) is 0 Å². The lowest BCUT2D eigenvalue weighted by molar-refractivity contribution is -0.120. The zero-order chi connectivity index (χ0) is 11.1. The Bertz CT molecular complexity index is 258. The van der Waals surface area contributed by atoms with E-state index in [0.717, 1.165) is 0 Å². The highest BCUT2D eigenvalue weighted by Crippen LogP contribution is 2.13. The molecule has 14 heavy (non-hydrogen) atoms. The second-order valence-corrected chi connectivity index (χ2v) is 3.82. The van der Waals surface area contributed by atoms with E-state index >= 15 is 0 Å². The van der Waals surface area contributed by atoms with Crippen LogP contribution in [0.15, 0.2) is 12.1 Å². The SMILES string of the molecule is Cc1cc(C)c(C)cc1C.O=CO[SiH3]. The molecule has 0 fully saturated rings. The van der Waals surface area contributed by atoms with Crippen LogP contribution >= 0.6 is 0 Å². The van der Waals surface area contributed by atoms with E-state index in [1.165, 1.54) is 22.3 Å². The zero-order valence-electron chi connectivity index (χ0n) is 9.55. The number of carbonyl (C=O) groups excluding carboxylic acids is 1. The Labute approximate surface area is 88.8 Å². The van der Waals surface area contributed by atoms with Crippen LogP contribution in [0.2, 0.25) is 0 Å². The summed E-state index contributed by atoms with van der Waals surface area (Å²) in [5, 5.41) is 0. The van der Waals surface area contributed by atoms with Gasteiger partial charge in [-0.1, -0.05) is 12.1 Å². The van der Waals surface area contributed by atoms with Crippen molar-refractivity contribution in [3.63, 3.8) is 0 Å². The third-order valence-corrected chi connectivity index (χ3v) is 2.40. The summed E-state index contributed by atoms with van der Waals surface area (Å²) in [5.74, 6) is 0. The summed E-state index contributed by atoms with van der Waals surface area (Å²) >= 11 is 0. The van der Waals surface area contributed by atoms with Crippen molar-refractivity contribution in [3.05, 3.63) is 34.4 Å². The number of hydrogen-bond donors (Lipinski definition) is 0. The van der Waals surface area contributed by atoms with Crippen molar-refractivity contribution in [1.29, 1.82) is 0 Å². The third-order valence-electron chi connectivity index (χ3n) is 2.21. The number of carbonyl (C=O) groups is 1. The van der Waals surface area contributed by atoms with E-state index in [1.807, 2.05) is 0 Å². The molecule has 1 aromatic carbocycles. The minimum Gasteiger partial charge on any atom is -0.531 e. The zero-order valence-corrected chi connectivity index (χ0v) is 11.5. The molecule has 0 bridgehead atoms. The van der Waals surface area contributed by atoms with Crippen LogP contribution in [-0.4, -0.2) is 17.0 Å². The summed E-state index contributed by atoms with van der Waals surface area (Å²) in [5.41, 5.74) is 5.57. The monoisotopic (exact) mass is 210 g/mol. The molecule has 0 saturated carbocycles. The Hall–Kier alpha value is -1.09. The minimum absolute atomic E-state index is 0.437. The molecule has 0 aliphatic heterocycles. The number of rotatable bonds is 1. The molecule has 0 aromatic heterocycles. The number of benzene rings is 1. The second kappa shape index (κ2) is 6.37. The van der Waals surface area contributed by atoms with Gasteiger partial charge in [-0.15, -0.1) is 0 Å².